The topological polar surface area (TPSA) is 40.5 Å². The van der Waals surface area contributed by atoms with Crippen LogP contribution in [0.2, 0.25) is 0 Å². The fourth-order valence-electron chi connectivity index (χ4n) is 1.19. The molecule has 3 nitrogen and oxygen atoms in total. The number of para-hydroxylation sites is 1. The molecule has 0 radical (unpaired) electrons. The van der Waals surface area contributed by atoms with Gasteiger partial charge in [0.2, 0.25) is 0 Å². The van der Waals surface area contributed by atoms with Gasteiger partial charge in [0, 0.05) is 17.7 Å². The molecule has 1 aromatic rings. The molecule has 0 aliphatic rings. The van der Waals surface area contributed by atoms with E-state index in [2.05, 4.69) is 0 Å². The van der Waals surface area contributed by atoms with E-state index in [4.69, 9.17) is 5.11 Å². The average molecular weight is 237 g/mol. The van der Waals surface area contributed by atoms with Crippen LogP contribution in [0.5, 0.6) is 0 Å². The minimum Gasteiger partial charge on any atom is -0.465 e. The Morgan fingerprint density at radius 1 is 1.50 bits per heavy atom. The molecule has 1 aromatic carbocycles. The van der Waals surface area contributed by atoms with Crippen molar-refractivity contribution in [3.63, 3.8) is 0 Å². The van der Waals surface area contributed by atoms with E-state index in [9.17, 15) is 4.79 Å². The fourth-order valence-corrected chi connectivity index (χ4v) is 2.19. The first-order chi connectivity index (χ1) is 7.66. The standard InChI is InChI=1S/C12H15NO2S/c1-3-4-9-16-11-8-6-5-7-10(11)13(2)12(14)15/h3-8H,9H2,1-2H3,(H,14,15). The zero-order valence-corrected chi connectivity index (χ0v) is 10.2. The van der Waals surface area contributed by atoms with E-state index >= 15 is 0 Å². The Balaban J connectivity index is 2.87. The summed E-state index contributed by atoms with van der Waals surface area (Å²) in [5.41, 5.74) is 0.726. The molecular formula is C12H15NO2S. The maximum atomic E-state index is 10.9. The summed E-state index contributed by atoms with van der Waals surface area (Å²) >= 11 is 1.63. The van der Waals surface area contributed by atoms with E-state index in [0.29, 0.717) is 0 Å². The number of anilines is 1. The van der Waals surface area contributed by atoms with E-state index in [0.717, 1.165) is 16.3 Å². The Labute approximate surface area is 99.8 Å². The van der Waals surface area contributed by atoms with Crippen LogP contribution < -0.4 is 4.90 Å². The summed E-state index contributed by atoms with van der Waals surface area (Å²) < 4.78 is 0. The molecule has 16 heavy (non-hydrogen) atoms. The average Bonchev–Trinajstić information content (AvgIpc) is 2.29. The van der Waals surface area contributed by atoms with Gasteiger partial charge < -0.3 is 5.11 Å². The second kappa shape index (κ2) is 6.23. The van der Waals surface area contributed by atoms with E-state index in [1.54, 1.807) is 18.8 Å². The van der Waals surface area contributed by atoms with Gasteiger partial charge in [-0.2, -0.15) is 0 Å². The molecule has 0 aliphatic heterocycles. The van der Waals surface area contributed by atoms with Crippen LogP contribution in [0.3, 0.4) is 0 Å². The number of carboxylic acid groups (broad SMARTS) is 1. The highest BCUT2D eigenvalue weighted by Gasteiger charge is 2.12. The SMILES string of the molecule is CC=CCSc1ccccc1N(C)C(=O)O. The quantitative estimate of drug-likeness (QED) is 0.644. The molecular weight excluding hydrogens is 222 g/mol. The van der Waals surface area contributed by atoms with E-state index in [1.807, 2.05) is 43.3 Å². The third kappa shape index (κ3) is 3.31. The molecule has 0 saturated carbocycles. The van der Waals surface area contributed by atoms with Gasteiger partial charge >= 0.3 is 6.09 Å². The zero-order chi connectivity index (χ0) is 12.0. The Hall–Kier alpha value is -1.42. The van der Waals surface area contributed by atoms with Crippen LogP contribution in [-0.4, -0.2) is 24.0 Å². The molecule has 4 heteroatoms. The van der Waals surface area contributed by atoms with Crippen molar-refractivity contribution in [3.05, 3.63) is 36.4 Å². The zero-order valence-electron chi connectivity index (χ0n) is 9.38. The summed E-state index contributed by atoms with van der Waals surface area (Å²) in [5.74, 6) is 0.848. The Morgan fingerprint density at radius 2 is 2.19 bits per heavy atom. The lowest BCUT2D eigenvalue weighted by atomic mass is 10.3. The van der Waals surface area contributed by atoms with Crippen molar-refractivity contribution >= 4 is 23.5 Å². The molecule has 0 heterocycles. The van der Waals surface area contributed by atoms with Crippen LogP contribution >= 0.6 is 11.8 Å². The van der Waals surface area contributed by atoms with Gasteiger partial charge in [-0.15, -0.1) is 11.8 Å². The number of allylic oxidation sites excluding steroid dienone is 1. The highest BCUT2D eigenvalue weighted by atomic mass is 32.2. The predicted octanol–water partition coefficient (Wildman–Crippen LogP) is 3.47. The largest absolute Gasteiger partial charge is 0.465 e. The van der Waals surface area contributed by atoms with Crippen LogP contribution in [0.15, 0.2) is 41.3 Å². The molecule has 0 aromatic heterocycles. The molecule has 1 N–H and O–H groups in total. The van der Waals surface area contributed by atoms with Crippen LogP contribution in [-0.2, 0) is 0 Å². The number of benzene rings is 1. The molecule has 0 saturated heterocycles. The van der Waals surface area contributed by atoms with Crippen molar-refractivity contribution in [2.24, 2.45) is 0 Å². The van der Waals surface area contributed by atoms with Crippen molar-refractivity contribution in [1.82, 2.24) is 0 Å². The second-order valence-electron chi connectivity index (χ2n) is 3.19. The normalized spacial score (nSPS) is 10.6. The number of carbonyl (C=O) groups is 1. The summed E-state index contributed by atoms with van der Waals surface area (Å²) in [4.78, 5) is 13.1. The maximum Gasteiger partial charge on any atom is 0.411 e. The van der Waals surface area contributed by atoms with Gasteiger partial charge in [0.15, 0.2) is 0 Å². The minimum atomic E-state index is -0.945. The van der Waals surface area contributed by atoms with Crippen molar-refractivity contribution in [1.29, 1.82) is 0 Å². The van der Waals surface area contributed by atoms with E-state index in [-0.39, 0.29) is 0 Å². The molecule has 0 fully saturated rings. The van der Waals surface area contributed by atoms with Gasteiger partial charge in [0.05, 0.1) is 5.69 Å². The van der Waals surface area contributed by atoms with Crippen LogP contribution in [0.1, 0.15) is 6.92 Å². The van der Waals surface area contributed by atoms with Gasteiger partial charge in [-0.3, -0.25) is 4.90 Å². The number of hydrogen-bond acceptors (Lipinski definition) is 2. The summed E-state index contributed by atoms with van der Waals surface area (Å²) in [5, 5.41) is 8.93. The first kappa shape index (κ1) is 12.6. The Morgan fingerprint density at radius 3 is 2.81 bits per heavy atom. The van der Waals surface area contributed by atoms with Gasteiger partial charge in [0.25, 0.3) is 0 Å². The predicted molar refractivity (Wildman–Crippen MR) is 68.4 cm³/mol. The molecule has 1 rings (SSSR count). The van der Waals surface area contributed by atoms with E-state index < -0.39 is 6.09 Å². The minimum absolute atomic E-state index is 0.726. The van der Waals surface area contributed by atoms with Gasteiger partial charge in [-0.05, 0) is 19.1 Å². The number of amides is 1. The van der Waals surface area contributed by atoms with Gasteiger partial charge in [-0.1, -0.05) is 24.3 Å². The second-order valence-corrected chi connectivity index (χ2v) is 4.25. The van der Waals surface area contributed by atoms with Crippen molar-refractivity contribution < 1.29 is 9.90 Å². The van der Waals surface area contributed by atoms with Crippen LogP contribution in [0, 0.1) is 0 Å². The van der Waals surface area contributed by atoms with Gasteiger partial charge in [0.1, 0.15) is 0 Å². The molecule has 0 unspecified atom stereocenters. The molecule has 86 valence electrons. The lowest BCUT2D eigenvalue weighted by Gasteiger charge is -2.16. The first-order valence-corrected chi connectivity index (χ1v) is 5.95. The highest BCUT2D eigenvalue weighted by molar-refractivity contribution is 7.99. The molecule has 1 amide bonds. The summed E-state index contributed by atoms with van der Waals surface area (Å²) in [6.07, 6.45) is 3.08. The summed E-state index contributed by atoms with van der Waals surface area (Å²) in [6, 6.07) is 7.50. The van der Waals surface area contributed by atoms with Crippen molar-refractivity contribution in [3.8, 4) is 0 Å². The Kier molecular flexibility index (Phi) is 4.92. The maximum absolute atomic E-state index is 10.9. The van der Waals surface area contributed by atoms with Gasteiger partial charge in [-0.25, -0.2) is 4.79 Å². The lowest BCUT2D eigenvalue weighted by Crippen LogP contribution is -2.24. The fraction of sp³-hybridized carbons (Fsp3) is 0.250. The Bertz CT molecular complexity index is 390. The number of thioether (sulfide) groups is 1. The smallest absolute Gasteiger partial charge is 0.411 e. The highest BCUT2D eigenvalue weighted by Crippen LogP contribution is 2.29. The number of rotatable bonds is 4. The van der Waals surface area contributed by atoms with Crippen LogP contribution in [0.4, 0.5) is 10.5 Å². The molecule has 0 bridgehead atoms. The summed E-state index contributed by atoms with van der Waals surface area (Å²) in [6.45, 7) is 1.97. The lowest BCUT2D eigenvalue weighted by molar-refractivity contribution is 0.203. The number of nitrogens with zero attached hydrogens (tertiary/aromatic N) is 1. The molecule has 0 atom stereocenters. The monoisotopic (exact) mass is 237 g/mol. The van der Waals surface area contributed by atoms with Crippen molar-refractivity contribution in [2.45, 2.75) is 11.8 Å². The summed E-state index contributed by atoms with van der Waals surface area (Å²) in [7, 11) is 1.55. The third-order valence-electron chi connectivity index (χ3n) is 2.08. The van der Waals surface area contributed by atoms with E-state index in [1.165, 1.54) is 4.90 Å². The molecule has 0 spiro atoms. The van der Waals surface area contributed by atoms with Crippen molar-refractivity contribution in [2.75, 3.05) is 17.7 Å². The van der Waals surface area contributed by atoms with Crippen LogP contribution in [0.25, 0.3) is 0 Å². The first-order valence-electron chi connectivity index (χ1n) is 4.96. The molecule has 0 aliphatic carbocycles. The third-order valence-corrected chi connectivity index (χ3v) is 3.10. The number of hydrogen-bond donors (Lipinski definition) is 1.